The highest BCUT2D eigenvalue weighted by molar-refractivity contribution is 5.84. The third-order valence-electron chi connectivity index (χ3n) is 2.77. The molecule has 0 aliphatic rings. The van der Waals surface area contributed by atoms with Gasteiger partial charge >= 0.3 is 5.97 Å². The van der Waals surface area contributed by atoms with Gasteiger partial charge in [0.25, 0.3) is 0 Å². The summed E-state index contributed by atoms with van der Waals surface area (Å²) in [7, 11) is 1.58. The van der Waals surface area contributed by atoms with E-state index in [2.05, 4.69) is 0 Å². The van der Waals surface area contributed by atoms with Crippen molar-refractivity contribution in [2.24, 2.45) is 5.41 Å². The predicted molar refractivity (Wildman–Crippen MR) is 64.8 cm³/mol. The number of rotatable bonds is 7. The molecule has 5 heteroatoms. The van der Waals surface area contributed by atoms with E-state index in [0.29, 0.717) is 13.2 Å². The van der Waals surface area contributed by atoms with Crippen LogP contribution in [0, 0.1) is 5.41 Å². The molecule has 0 bridgehead atoms. The van der Waals surface area contributed by atoms with Gasteiger partial charge in [-0.3, -0.25) is 9.59 Å². The first-order valence-corrected chi connectivity index (χ1v) is 5.78. The maximum absolute atomic E-state index is 12.0. The minimum Gasteiger partial charge on any atom is -0.481 e. The van der Waals surface area contributed by atoms with Gasteiger partial charge in [0.05, 0.1) is 18.1 Å². The van der Waals surface area contributed by atoms with E-state index in [1.165, 1.54) is 0 Å². The average molecular weight is 245 g/mol. The monoisotopic (exact) mass is 245 g/mol. The molecule has 0 aromatic carbocycles. The van der Waals surface area contributed by atoms with Crippen molar-refractivity contribution >= 4 is 11.9 Å². The van der Waals surface area contributed by atoms with Crippen molar-refractivity contribution < 1.29 is 19.4 Å². The maximum atomic E-state index is 12.0. The fraction of sp³-hybridized carbons (Fsp3) is 0.833. The third kappa shape index (κ3) is 4.73. The molecule has 1 unspecified atom stereocenters. The smallest absolute Gasteiger partial charge is 0.309 e. The van der Waals surface area contributed by atoms with E-state index in [1.54, 1.807) is 25.9 Å². The number of methoxy groups -OCH3 is 1. The molecular weight excluding hydrogens is 222 g/mol. The number of likely N-dealkylation sites (N-methyl/N-ethyl adjacent to an activating group) is 1. The van der Waals surface area contributed by atoms with Crippen LogP contribution in [0.2, 0.25) is 0 Å². The largest absolute Gasteiger partial charge is 0.481 e. The number of hydrogen-bond donors (Lipinski definition) is 1. The topological polar surface area (TPSA) is 66.8 Å². The molecule has 0 fully saturated rings. The minimum atomic E-state index is -1.03. The Morgan fingerprint density at radius 1 is 1.41 bits per heavy atom. The first-order valence-electron chi connectivity index (χ1n) is 5.78. The molecule has 100 valence electrons. The van der Waals surface area contributed by atoms with Gasteiger partial charge in [0.2, 0.25) is 5.91 Å². The van der Waals surface area contributed by atoms with E-state index >= 15 is 0 Å². The number of carbonyl (C=O) groups excluding carboxylic acids is 1. The summed E-state index contributed by atoms with van der Waals surface area (Å²) < 4.78 is 5.00. The van der Waals surface area contributed by atoms with Crippen LogP contribution in [0.5, 0.6) is 0 Å². The van der Waals surface area contributed by atoms with Gasteiger partial charge in [-0.25, -0.2) is 0 Å². The van der Waals surface area contributed by atoms with Gasteiger partial charge in [-0.05, 0) is 27.7 Å². The zero-order valence-electron chi connectivity index (χ0n) is 11.3. The lowest BCUT2D eigenvalue weighted by molar-refractivity contribution is -0.152. The van der Waals surface area contributed by atoms with Crippen molar-refractivity contribution in [1.82, 2.24) is 4.90 Å². The quantitative estimate of drug-likeness (QED) is 0.735. The molecule has 0 spiro atoms. The van der Waals surface area contributed by atoms with Gasteiger partial charge in [-0.1, -0.05) is 0 Å². The van der Waals surface area contributed by atoms with E-state index in [-0.39, 0.29) is 18.4 Å². The average Bonchev–Trinajstić information content (AvgIpc) is 2.17. The second-order valence-corrected chi connectivity index (χ2v) is 4.85. The van der Waals surface area contributed by atoms with Crippen molar-refractivity contribution in [2.45, 2.75) is 40.2 Å². The zero-order chi connectivity index (χ0) is 13.6. The fourth-order valence-electron chi connectivity index (χ4n) is 1.62. The summed E-state index contributed by atoms with van der Waals surface area (Å²) in [5, 5.41) is 8.99. The molecule has 0 rings (SSSR count). The predicted octanol–water partition coefficient (Wildman–Crippen LogP) is 1.37. The van der Waals surface area contributed by atoms with E-state index in [9.17, 15) is 9.59 Å². The second kappa shape index (κ2) is 6.59. The summed E-state index contributed by atoms with van der Waals surface area (Å²) in [5.74, 6) is -1.11. The molecule has 0 aromatic heterocycles. The number of hydrogen-bond acceptors (Lipinski definition) is 3. The lowest BCUT2D eigenvalue weighted by atomic mass is 9.89. The van der Waals surface area contributed by atoms with Crippen molar-refractivity contribution in [3.63, 3.8) is 0 Å². The van der Waals surface area contributed by atoms with Crippen molar-refractivity contribution in [2.75, 3.05) is 20.3 Å². The fourth-order valence-corrected chi connectivity index (χ4v) is 1.62. The Balaban J connectivity index is 4.61. The summed E-state index contributed by atoms with van der Waals surface area (Å²) in [5.41, 5.74) is -1.03. The molecule has 1 N–H and O–H groups in total. The van der Waals surface area contributed by atoms with E-state index in [4.69, 9.17) is 9.84 Å². The summed E-state index contributed by atoms with van der Waals surface area (Å²) in [4.78, 5) is 24.6. The molecule has 0 saturated carbocycles. The molecule has 0 radical (unpaired) electrons. The van der Waals surface area contributed by atoms with Crippen LogP contribution in [0.15, 0.2) is 0 Å². The summed E-state index contributed by atoms with van der Waals surface area (Å²) in [6.07, 6.45) is 0.00419. The second-order valence-electron chi connectivity index (χ2n) is 4.85. The van der Waals surface area contributed by atoms with Crippen LogP contribution in [0.1, 0.15) is 34.1 Å². The Morgan fingerprint density at radius 2 is 1.94 bits per heavy atom. The maximum Gasteiger partial charge on any atom is 0.309 e. The van der Waals surface area contributed by atoms with Crippen molar-refractivity contribution in [3.05, 3.63) is 0 Å². The van der Waals surface area contributed by atoms with Crippen molar-refractivity contribution in [3.8, 4) is 0 Å². The number of ether oxygens (including phenoxy) is 1. The molecule has 0 aromatic rings. The summed E-state index contributed by atoms with van der Waals surface area (Å²) in [6, 6.07) is -0.0397. The van der Waals surface area contributed by atoms with Crippen LogP contribution in [0.3, 0.4) is 0 Å². The molecule has 1 atom stereocenters. The Kier molecular flexibility index (Phi) is 6.16. The Morgan fingerprint density at radius 3 is 2.29 bits per heavy atom. The first kappa shape index (κ1) is 15.9. The summed E-state index contributed by atoms with van der Waals surface area (Å²) >= 11 is 0. The lowest BCUT2D eigenvalue weighted by Gasteiger charge is -2.30. The number of aliphatic carboxylic acids is 1. The number of carboxylic acids is 1. The van der Waals surface area contributed by atoms with E-state index in [1.807, 2.05) is 13.8 Å². The van der Waals surface area contributed by atoms with E-state index in [0.717, 1.165) is 0 Å². The minimum absolute atomic E-state index is 0.00419. The Hall–Kier alpha value is -1.10. The lowest BCUT2D eigenvalue weighted by Crippen LogP contribution is -2.43. The Labute approximate surface area is 103 Å². The number of amides is 1. The SMILES string of the molecule is CCN(C(=O)CC(C)(C)C(=O)O)C(C)COC. The molecule has 0 aliphatic heterocycles. The third-order valence-corrected chi connectivity index (χ3v) is 2.77. The van der Waals surface area contributed by atoms with Crippen LogP contribution in [-0.4, -0.2) is 48.2 Å². The van der Waals surface area contributed by atoms with Gasteiger partial charge in [-0.2, -0.15) is 0 Å². The van der Waals surface area contributed by atoms with Crippen LogP contribution >= 0.6 is 0 Å². The molecule has 0 aliphatic carbocycles. The van der Waals surface area contributed by atoms with Crippen LogP contribution in [-0.2, 0) is 14.3 Å². The first-order chi connectivity index (χ1) is 7.76. The molecule has 0 heterocycles. The number of carbonyl (C=O) groups is 2. The zero-order valence-corrected chi connectivity index (χ0v) is 11.3. The van der Waals surface area contributed by atoms with Crippen LogP contribution < -0.4 is 0 Å². The van der Waals surface area contributed by atoms with E-state index < -0.39 is 11.4 Å². The molecular formula is C12H23NO4. The van der Waals surface area contributed by atoms with Crippen molar-refractivity contribution in [1.29, 1.82) is 0 Å². The highest BCUT2D eigenvalue weighted by atomic mass is 16.5. The highest BCUT2D eigenvalue weighted by Crippen LogP contribution is 2.22. The summed E-state index contributed by atoms with van der Waals surface area (Å²) in [6.45, 7) is 7.88. The normalized spacial score (nSPS) is 13.2. The van der Waals surface area contributed by atoms with Gasteiger partial charge < -0.3 is 14.7 Å². The molecule has 5 nitrogen and oxygen atoms in total. The van der Waals surface area contributed by atoms with Gasteiger partial charge in [0.15, 0.2) is 0 Å². The van der Waals surface area contributed by atoms with Crippen LogP contribution in [0.4, 0.5) is 0 Å². The number of carboxylic acid groups (broad SMARTS) is 1. The molecule has 1 amide bonds. The highest BCUT2D eigenvalue weighted by Gasteiger charge is 2.32. The van der Waals surface area contributed by atoms with Gasteiger partial charge in [-0.15, -0.1) is 0 Å². The van der Waals surface area contributed by atoms with Crippen LogP contribution in [0.25, 0.3) is 0 Å². The van der Waals surface area contributed by atoms with Gasteiger partial charge in [0, 0.05) is 20.1 Å². The number of nitrogens with zero attached hydrogens (tertiary/aromatic N) is 1. The molecule has 0 saturated heterocycles. The van der Waals surface area contributed by atoms with Gasteiger partial charge in [0.1, 0.15) is 0 Å². The Bertz CT molecular complexity index is 276. The molecule has 17 heavy (non-hydrogen) atoms. The standard InChI is InChI=1S/C12H23NO4/c1-6-13(9(2)8-17-5)10(14)7-12(3,4)11(15)16/h9H,6-8H2,1-5H3,(H,15,16).